The van der Waals surface area contributed by atoms with Crippen molar-refractivity contribution in [1.82, 2.24) is 0 Å². The zero-order chi connectivity index (χ0) is 14.5. The third kappa shape index (κ3) is 4.12. The highest BCUT2D eigenvalue weighted by atomic mass is 32.2. The van der Waals surface area contributed by atoms with Gasteiger partial charge in [0.05, 0.1) is 0 Å². The van der Waals surface area contributed by atoms with E-state index in [0.717, 1.165) is 12.2 Å². The molecule has 0 radical (unpaired) electrons. The molecule has 1 nitrogen and oxygen atoms in total. The first-order valence-corrected chi connectivity index (χ1v) is 8.05. The van der Waals surface area contributed by atoms with Crippen molar-refractivity contribution in [3.8, 4) is 0 Å². The third-order valence-corrected chi connectivity index (χ3v) is 4.80. The number of thioether (sulfide) groups is 1. The summed E-state index contributed by atoms with van der Waals surface area (Å²) in [5.74, 6) is 0.955. The SMILES string of the molecule is Cc1ccc(SCC(N)Cc2c(C)cccc2C)cc1. The summed E-state index contributed by atoms with van der Waals surface area (Å²) >= 11 is 1.84. The summed E-state index contributed by atoms with van der Waals surface area (Å²) in [6.45, 7) is 6.45. The molecule has 20 heavy (non-hydrogen) atoms. The van der Waals surface area contributed by atoms with Crippen LogP contribution in [0.2, 0.25) is 0 Å². The van der Waals surface area contributed by atoms with Crippen LogP contribution in [0.25, 0.3) is 0 Å². The molecule has 2 aromatic carbocycles. The largest absolute Gasteiger partial charge is 0.327 e. The molecule has 0 amide bonds. The number of hydrogen-bond donors (Lipinski definition) is 1. The average Bonchev–Trinajstić information content (AvgIpc) is 2.42. The molecule has 0 aliphatic heterocycles. The lowest BCUT2D eigenvalue weighted by molar-refractivity contribution is 0.741. The van der Waals surface area contributed by atoms with Crippen LogP contribution in [0.5, 0.6) is 0 Å². The maximum Gasteiger partial charge on any atom is 0.0174 e. The van der Waals surface area contributed by atoms with Crippen LogP contribution in [0.4, 0.5) is 0 Å². The maximum atomic E-state index is 6.30. The van der Waals surface area contributed by atoms with E-state index in [1.54, 1.807) is 0 Å². The Balaban J connectivity index is 1.92. The Morgan fingerprint density at radius 3 is 2.15 bits per heavy atom. The molecule has 106 valence electrons. The lowest BCUT2D eigenvalue weighted by Crippen LogP contribution is -2.26. The molecule has 0 fully saturated rings. The fourth-order valence-corrected chi connectivity index (χ4v) is 3.18. The summed E-state index contributed by atoms with van der Waals surface area (Å²) < 4.78 is 0. The molecule has 2 N–H and O–H groups in total. The molecule has 1 atom stereocenters. The highest BCUT2D eigenvalue weighted by molar-refractivity contribution is 7.99. The van der Waals surface area contributed by atoms with E-state index in [4.69, 9.17) is 5.73 Å². The van der Waals surface area contributed by atoms with E-state index in [9.17, 15) is 0 Å². The number of hydrogen-bond acceptors (Lipinski definition) is 2. The Kier molecular flexibility index (Phi) is 5.27. The van der Waals surface area contributed by atoms with E-state index in [1.165, 1.54) is 27.1 Å². The Bertz CT molecular complexity index is 540. The van der Waals surface area contributed by atoms with Crippen molar-refractivity contribution >= 4 is 11.8 Å². The van der Waals surface area contributed by atoms with Gasteiger partial charge in [0.1, 0.15) is 0 Å². The maximum absolute atomic E-state index is 6.30. The van der Waals surface area contributed by atoms with Crippen LogP contribution in [-0.2, 0) is 6.42 Å². The molecule has 0 aromatic heterocycles. The van der Waals surface area contributed by atoms with E-state index >= 15 is 0 Å². The van der Waals surface area contributed by atoms with Gasteiger partial charge < -0.3 is 5.73 Å². The van der Waals surface area contributed by atoms with E-state index in [-0.39, 0.29) is 6.04 Å². The topological polar surface area (TPSA) is 26.0 Å². The lowest BCUT2D eigenvalue weighted by Gasteiger charge is -2.15. The molecule has 1 unspecified atom stereocenters. The number of benzene rings is 2. The molecular formula is C18H23NS. The zero-order valence-electron chi connectivity index (χ0n) is 12.5. The van der Waals surface area contributed by atoms with Crippen molar-refractivity contribution in [2.75, 3.05) is 5.75 Å². The van der Waals surface area contributed by atoms with Gasteiger partial charge in [-0.05, 0) is 56.0 Å². The first kappa shape index (κ1) is 15.1. The van der Waals surface area contributed by atoms with Gasteiger partial charge in [-0.15, -0.1) is 11.8 Å². The fourth-order valence-electron chi connectivity index (χ4n) is 2.33. The van der Waals surface area contributed by atoms with Crippen LogP contribution in [0.1, 0.15) is 22.3 Å². The van der Waals surface area contributed by atoms with Gasteiger partial charge in [-0.25, -0.2) is 0 Å². The quantitative estimate of drug-likeness (QED) is 0.830. The normalized spacial score (nSPS) is 12.4. The Morgan fingerprint density at radius 1 is 0.950 bits per heavy atom. The van der Waals surface area contributed by atoms with E-state index in [0.29, 0.717) is 0 Å². The van der Waals surface area contributed by atoms with Crippen molar-refractivity contribution in [2.45, 2.75) is 38.1 Å². The van der Waals surface area contributed by atoms with Crippen LogP contribution in [0, 0.1) is 20.8 Å². The third-order valence-electron chi connectivity index (χ3n) is 3.60. The molecule has 0 spiro atoms. The van der Waals surface area contributed by atoms with Gasteiger partial charge in [-0.2, -0.15) is 0 Å². The number of nitrogens with two attached hydrogens (primary N) is 1. The predicted octanol–water partition coefficient (Wildman–Crippen LogP) is 4.27. The van der Waals surface area contributed by atoms with Gasteiger partial charge in [-0.1, -0.05) is 35.9 Å². The number of rotatable bonds is 5. The van der Waals surface area contributed by atoms with Crippen LogP contribution < -0.4 is 5.73 Å². The summed E-state index contributed by atoms with van der Waals surface area (Å²) in [5, 5.41) is 0. The highest BCUT2D eigenvalue weighted by Crippen LogP contribution is 2.21. The fraction of sp³-hybridized carbons (Fsp3) is 0.333. The minimum Gasteiger partial charge on any atom is -0.327 e. The summed E-state index contributed by atoms with van der Waals surface area (Å²) in [4.78, 5) is 1.30. The molecule has 2 heteroatoms. The van der Waals surface area contributed by atoms with Gasteiger partial charge in [-0.3, -0.25) is 0 Å². The Labute approximate surface area is 126 Å². The Morgan fingerprint density at radius 2 is 1.55 bits per heavy atom. The van der Waals surface area contributed by atoms with E-state index < -0.39 is 0 Å². The van der Waals surface area contributed by atoms with Gasteiger partial charge in [0.25, 0.3) is 0 Å². The molecule has 0 saturated heterocycles. The van der Waals surface area contributed by atoms with E-state index in [2.05, 4.69) is 63.2 Å². The Hall–Kier alpha value is -1.25. The molecule has 0 bridgehead atoms. The summed E-state index contributed by atoms with van der Waals surface area (Å²) in [6.07, 6.45) is 0.956. The van der Waals surface area contributed by atoms with Crippen LogP contribution in [0.3, 0.4) is 0 Å². The molecule has 2 aromatic rings. The molecule has 0 heterocycles. The van der Waals surface area contributed by atoms with Crippen molar-refractivity contribution in [3.05, 3.63) is 64.7 Å². The van der Waals surface area contributed by atoms with Crippen LogP contribution in [-0.4, -0.2) is 11.8 Å². The smallest absolute Gasteiger partial charge is 0.0174 e. The van der Waals surface area contributed by atoms with E-state index in [1.807, 2.05) is 11.8 Å². The molecule has 0 aliphatic rings. The minimum absolute atomic E-state index is 0.195. The van der Waals surface area contributed by atoms with Crippen molar-refractivity contribution in [1.29, 1.82) is 0 Å². The molecule has 0 aliphatic carbocycles. The molecule has 2 rings (SSSR count). The summed E-state index contributed by atoms with van der Waals surface area (Å²) in [5.41, 5.74) is 11.7. The number of aryl methyl sites for hydroxylation is 3. The van der Waals surface area contributed by atoms with Gasteiger partial charge >= 0.3 is 0 Å². The van der Waals surface area contributed by atoms with Crippen molar-refractivity contribution in [3.63, 3.8) is 0 Å². The second kappa shape index (κ2) is 6.96. The first-order chi connectivity index (χ1) is 9.56. The van der Waals surface area contributed by atoms with Crippen LogP contribution in [0.15, 0.2) is 47.4 Å². The first-order valence-electron chi connectivity index (χ1n) is 7.06. The molecule has 0 saturated carbocycles. The van der Waals surface area contributed by atoms with Gasteiger partial charge in [0.15, 0.2) is 0 Å². The second-order valence-electron chi connectivity index (χ2n) is 5.46. The highest BCUT2D eigenvalue weighted by Gasteiger charge is 2.09. The van der Waals surface area contributed by atoms with Crippen molar-refractivity contribution < 1.29 is 0 Å². The minimum atomic E-state index is 0.195. The average molecular weight is 285 g/mol. The predicted molar refractivity (Wildman–Crippen MR) is 89.5 cm³/mol. The van der Waals surface area contributed by atoms with Crippen molar-refractivity contribution in [2.24, 2.45) is 5.73 Å². The zero-order valence-corrected chi connectivity index (χ0v) is 13.3. The van der Waals surface area contributed by atoms with Gasteiger partial charge in [0.2, 0.25) is 0 Å². The van der Waals surface area contributed by atoms with Crippen LogP contribution >= 0.6 is 11.8 Å². The second-order valence-corrected chi connectivity index (χ2v) is 6.55. The summed E-state index contributed by atoms with van der Waals surface area (Å²) in [7, 11) is 0. The standard InChI is InChI=1S/C18H23NS/c1-13-7-9-17(10-8-13)20-12-16(19)11-18-14(2)5-4-6-15(18)3/h4-10,16H,11-12,19H2,1-3H3. The lowest BCUT2D eigenvalue weighted by atomic mass is 9.97. The molecular weight excluding hydrogens is 262 g/mol. The van der Waals surface area contributed by atoms with Gasteiger partial charge in [0, 0.05) is 16.7 Å². The monoisotopic (exact) mass is 285 g/mol. The summed E-state index contributed by atoms with van der Waals surface area (Å²) in [6, 6.07) is 15.3.